The Morgan fingerprint density at radius 3 is 2.50 bits per heavy atom. The highest BCUT2D eigenvalue weighted by atomic mass is 19.2. The van der Waals surface area contributed by atoms with Crippen molar-refractivity contribution in [2.45, 2.75) is 19.4 Å². The van der Waals surface area contributed by atoms with Crippen LogP contribution in [0.4, 0.5) is 8.78 Å². The van der Waals surface area contributed by atoms with Gasteiger partial charge in [0.05, 0.1) is 6.54 Å². The number of hydrogen-bond acceptors (Lipinski definition) is 3. The van der Waals surface area contributed by atoms with Gasteiger partial charge in [-0.2, -0.15) is 0 Å². The minimum atomic E-state index is -0.999. The predicted octanol–water partition coefficient (Wildman–Crippen LogP) is 3.52. The van der Waals surface area contributed by atoms with E-state index in [4.69, 9.17) is 0 Å². The SMILES string of the molecule is O=C(CN1CCC(CN2Cc3ccccc3C2=O)CC1)c1ccc(F)c(F)c1. The second kappa shape index (κ2) is 7.80. The molecule has 146 valence electrons. The number of carbonyl (C=O) groups is 2. The van der Waals surface area contributed by atoms with Gasteiger partial charge in [0.1, 0.15) is 0 Å². The number of likely N-dealkylation sites (tertiary alicyclic amines) is 1. The van der Waals surface area contributed by atoms with E-state index in [0.717, 1.165) is 55.7 Å². The maximum Gasteiger partial charge on any atom is 0.254 e. The molecular formula is C22H22F2N2O2. The number of rotatable bonds is 5. The molecule has 2 aliphatic rings. The largest absolute Gasteiger partial charge is 0.334 e. The number of Topliss-reactive ketones (excluding diaryl/α,β-unsaturated/α-hetero) is 1. The molecule has 4 rings (SSSR count). The first-order valence-corrected chi connectivity index (χ1v) is 9.59. The monoisotopic (exact) mass is 384 g/mol. The molecule has 4 nitrogen and oxygen atoms in total. The Kier molecular flexibility index (Phi) is 5.22. The van der Waals surface area contributed by atoms with Crippen LogP contribution in [0.3, 0.4) is 0 Å². The lowest BCUT2D eigenvalue weighted by Gasteiger charge is -2.33. The zero-order valence-corrected chi connectivity index (χ0v) is 15.5. The Balaban J connectivity index is 1.28. The lowest BCUT2D eigenvalue weighted by Crippen LogP contribution is -2.41. The molecule has 2 aromatic carbocycles. The van der Waals surface area contributed by atoms with Crippen molar-refractivity contribution in [1.82, 2.24) is 9.80 Å². The van der Waals surface area contributed by atoms with Crippen molar-refractivity contribution >= 4 is 11.7 Å². The molecule has 0 aliphatic carbocycles. The van der Waals surface area contributed by atoms with Crippen molar-refractivity contribution in [3.63, 3.8) is 0 Å². The van der Waals surface area contributed by atoms with Gasteiger partial charge in [-0.3, -0.25) is 14.5 Å². The average Bonchev–Trinajstić information content (AvgIpc) is 3.01. The van der Waals surface area contributed by atoms with Gasteiger partial charge in [0.25, 0.3) is 5.91 Å². The summed E-state index contributed by atoms with van der Waals surface area (Å²) in [5.41, 5.74) is 2.08. The molecule has 0 spiro atoms. The Morgan fingerprint density at radius 2 is 1.79 bits per heavy atom. The molecule has 1 fully saturated rings. The van der Waals surface area contributed by atoms with Crippen LogP contribution in [-0.2, 0) is 6.54 Å². The number of amides is 1. The number of benzene rings is 2. The van der Waals surface area contributed by atoms with Crippen LogP contribution in [0.15, 0.2) is 42.5 Å². The standard InChI is InChI=1S/C22H22F2N2O2/c23-19-6-5-16(11-20(19)24)21(27)14-25-9-7-15(8-10-25)12-26-13-17-3-1-2-4-18(17)22(26)28/h1-6,11,15H,7-10,12-14H2. The third-order valence-corrected chi connectivity index (χ3v) is 5.69. The topological polar surface area (TPSA) is 40.6 Å². The zero-order valence-electron chi connectivity index (χ0n) is 15.5. The smallest absolute Gasteiger partial charge is 0.254 e. The maximum absolute atomic E-state index is 13.3. The van der Waals surface area contributed by atoms with Gasteiger partial charge in [0.15, 0.2) is 17.4 Å². The Hall–Kier alpha value is -2.60. The summed E-state index contributed by atoms with van der Waals surface area (Å²) in [6, 6.07) is 11.0. The third kappa shape index (κ3) is 3.83. The van der Waals surface area contributed by atoms with Crippen molar-refractivity contribution in [3.05, 3.63) is 70.8 Å². The molecular weight excluding hydrogens is 362 g/mol. The number of nitrogens with zero attached hydrogens (tertiary/aromatic N) is 2. The van der Waals surface area contributed by atoms with E-state index >= 15 is 0 Å². The van der Waals surface area contributed by atoms with Gasteiger partial charge >= 0.3 is 0 Å². The first-order valence-electron chi connectivity index (χ1n) is 9.59. The summed E-state index contributed by atoms with van der Waals surface area (Å²) in [6.45, 7) is 3.12. The minimum absolute atomic E-state index is 0.103. The molecule has 2 heterocycles. The second-order valence-electron chi connectivity index (χ2n) is 7.61. The summed E-state index contributed by atoms with van der Waals surface area (Å²) >= 11 is 0. The lowest BCUT2D eigenvalue weighted by atomic mass is 9.95. The molecule has 2 aromatic rings. The van der Waals surface area contributed by atoms with Gasteiger partial charge in [-0.1, -0.05) is 18.2 Å². The summed E-state index contributed by atoms with van der Waals surface area (Å²) in [5, 5.41) is 0. The second-order valence-corrected chi connectivity index (χ2v) is 7.61. The number of carbonyl (C=O) groups excluding carboxylic acids is 2. The molecule has 0 aromatic heterocycles. The average molecular weight is 384 g/mol. The summed E-state index contributed by atoms with van der Waals surface area (Å²) in [5.74, 6) is -1.64. The first kappa shape index (κ1) is 18.7. The van der Waals surface area contributed by atoms with Gasteiger partial charge in [0.2, 0.25) is 0 Å². The molecule has 1 saturated heterocycles. The highest BCUT2D eigenvalue weighted by Crippen LogP contribution is 2.26. The van der Waals surface area contributed by atoms with Crippen molar-refractivity contribution < 1.29 is 18.4 Å². The molecule has 28 heavy (non-hydrogen) atoms. The predicted molar refractivity (Wildman–Crippen MR) is 101 cm³/mol. The fraction of sp³-hybridized carbons (Fsp3) is 0.364. The number of piperidine rings is 1. The highest BCUT2D eigenvalue weighted by Gasteiger charge is 2.30. The molecule has 0 bridgehead atoms. The van der Waals surface area contributed by atoms with Crippen LogP contribution in [0.1, 0.15) is 39.1 Å². The number of fused-ring (bicyclic) bond motifs is 1. The van der Waals surface area contributed by atoms with E-state index in [1.807, 2.05) is 34.1 Å². The van der Waals surface area contributed by atoms with Crippen LogP contribution in [-0.4, -0.2) is 47.7 Å². The maximum atomic E-state index is 13.3. The van der Waals surface area contributed by atoms with Gasteiger partial charge in [-0.25, -0.2) is 8.78 Å². The summed E-state index contributed by atoms with van der Waals surface area (Å²) in [6.07, 6.45) is 1.82. The molecule has 0 saturated carbocycles. The van der Waals surface area contributed by atoms with Crippen LogP contribution in [0, 0.1) is 17.6 Å². The van der Waals surface area contributed by atoms with E-state index < -0.39 is 11.6 Å². The van der Waals surface area contributed by atoms with Crippen LogP contribution >= 0.6 is 0 Å². The van der Waals surface area contributed by atoms with Gasteiger partial charge in [0, 0.05) is 24.2 Å². The molecule has 0 atom stereocenters. The fourth-order valence-electron chi connectivity index (χ4n) is 4.06. The van der Waals surface area contributed by atoms with E-state index in [1.165, 1.54) is 6.07 Å². The molecule has 1 amide bonds. The van der Waals surface area contributed by atoms with Gasteiger partial charge in [-0.15, -0.1) is 0 Å². The van der Waals surface area contributed by atoms with Crippen LogP contribution < -0.4 is 0 Å². The van der Waals surface area contributed by atoms with E-state index in [1.54, 1.807) is 0 Å². The number of hydrogen-bond donors (Lipinski definition) is 0. The zero-order chi connectivity index (χ0) is 19.7. The van der Waals surface area contributed by atoms with Crippen molar-refractivity contribution in [2.24, 2.45) is 5.92 Å². The fourth-order valence-corrected chi connectivity index (χ4v) is 4.06. The third-order valence-electron chi connectivity index (χ3n) is 5.69. The summed E-state index contributed by atoms with van der Waals surface area (Å²) in [4.78, 5) is 28.8. The van der Waals surface area contributed by atoms with Crippen molar-refractivity contribution in [1.29, 1.82) is 0 Å². The van der Waals surface area contributed by atoms with Crippen molar-refractivity contribution in [2.75, 3.05) is 26.2 Å². The number of halogens is 2. The van der Waals surface area contributed by atoms with E-state index in [-0.39, 0.29) is 23.8 Å². The number of ketones is 1. The van der Waals surface area contributed by atoms with Crippen molar-refractivity contribution in [3.8, 4) is 0 Å². The molecule has 6 heteroatoms. The Bertz CT molecular complexity index is 907. The highest BCUT2D eigenvalue weighted by molar-refractivity contribution is 5.98. The van der Waals surface area contributed by atoms with Crippen LogP contribution in [0.2, 0.25) is 0 Å². The van der Waals surface area contributed by atoms with E-state index in [9.17, 15) is 18.4 Å². The lowest BCUT2D eigenvalue weighted by molar-refractivity contribution is 0.0707. The molecule has 0 unspecified atom stereocenters. The Morgan fingerprint density at radius 1 is 1.04 bits per heavy atom. The summed E-state index contributed by atoms with van der Waals surface area (Å²) in [7, 11) is 0. The molecule has 2 aliphatic heterocycles. The molecule has 0 radical (unpaired) electrons. The molecule has 0 N–H and O–H groups in total. The van der Waals surface area contributed by atoms with Gasteiger partial charge < -0.3 is 4.90 Å². The van der Waals surface area contributed by atoms with E-state index in [2.05, 4.69) is 0 Å². The minimum Gasteiger partial charge on any atom is -0.334 e. The van der Waals surface area contributed by atoms with Gasteiger partial charge in [-0.05, 0) is 61.7 Å². The quantitative estimate of drug-likeness (QED) is 0.741. The summed E-state index contributed by atoms with van der Waals surface area (Å²) < 4.78 is 26.3. The normalized spacial score (nSPS) is 17.8. The van der Waals surface area contributed by atoms with Crippen LogP contribution in [0.25, 0.3) is 0 Å². The van der Waals surface area contributed by atoms with E-state index in [0.29, 0.717) is 12.5 Å². The first-order chi connectivity index (χ1) is 13.5. The Labute approximate surface area is 162 Å². The van der Waals surface area contributed by atoms with Crippen LogP contribution in [0.5, 0.6) is 0 Å².